The largest absolute Gasteiger partial charge is 0.389 e. The Balaban J connectivity index is 2.70. The number of carbonyl (C=O) groups excluding carboxylic acids is 2. The van der Waals surface area contributed by atoms with Crippen molar-refractivity contribution in [3.8, 4) is 6.07 Å². The molecular formula is C8H10N2O3. The van der Waals surface area contributed by atoms with E-state index in [1.165, 1.54) is 4.90 Å². The molecule has 1 rings (SSSR count). The van der Waals surface area contributed by atoms with Gasteiger partial charge in [0.25, 0.3) is 0 Å². The summed E-state index contributed by atoms with van der Waals surface area (Å²) in [6.07, 6.45) is 0.706. The van der Waals surface area contributed by atoms with E-state index in [4.69, 9.17) is 10.4 Å². The molecule has 5 nitrogen and oxygen atoms in total. The van der Waals surface area contributed by atoms with Crippen molar-refractivity contribution in [3.05, 3.63) is 0 Å². The molecule has 1 N–H and O–H groups in total. The first-order valence-corrected chi connectivity index (χ1v) is 4.00. The van der Waals surface area contributed by atoms with E-state index < -0.39 is 12.6 Å². The van der Waals surface area contributed by atoms with E-state index in [1.54, 1.807) is 0 Å². The van der Waals surface area contributed by atoms with Gasteiger partial charge in [0.1, 0.15) is 13.2 Å². The van der Waals surface area contributed by atoms with E-state index in [0.717, 1.165) is 0 Å². The minimum Gasteiger partial charge on any atom is -0.389 e. The number of likely N-dealkylation sites (tertiary alicyclic amines) is 1. The van der Waals surface area contributed by atoms with Crippen LogP contribution in [0.4, 0.5) is 0 Å². The normalized spacial score (nSPS) is 21.7. The highest BCUT2D eigenvalue weighted by atomic mass is 16.3. The maximum Gasteiger partial charge on any atom is 0.224 e. The molecule has 1 atom stereocenters. The smallest absolute Gasteiger partial charge is 0.224 e. The molecular weight excluding hydrogens is 172 g/mol. The second kappa shape index (κ2) is 4.01. The Kier molecular flexibility index (Phi) is 2.98. The first-order valence-electron chi connectivity index (χ1n) is 4.00. The van der Waals surface area contributed by atoms with Gasteiger partial charge in [0.15, 0.2) is 5.78 Å². The van der Waals surface area contributed by atoms with Gasteiger partial charge in [-0.15, -0.1) is 0 Å². The summed E-state index contributed by atoms with van der Waals surface area (Å²) in [6, 6.07) is 1.23. The molecule has 1 saturated heterocycles. The monoisotopic (exact) mass is 182 g/mol. The number of nitriles is 1. The fraction of sp³-hybridized carbons (Fsp3) is 0.625. The predicted octanol–water partition coefficient (Wildman–Crippen LogP) is -0.938. The number of hydrogen-bond acceptors (Lipinski definition) is 4. The standard InChI is InChI=1S/C8H10N2O3/c9-3-4-10-6(7(12)5-11)1-2-8(10)13/h6,11H,1-2,4-5H2. The van der Waals surface area contributed by atoms with Crippen molar-refractivity contribution in [1.82, 2.24) is 4.90 Å². The van der Waals surface area contributed by atoms with Crippen LogP contribution < -0.4 is 0 Å². The minimum atomic E-state index is -0.586. The summed E-state index contributed by atoms with van der Waals surface area (Å²) in [5.41, 5.74) is 0. The minimum absolute atomic E-state index is 0.0742. The second-order valence-electron chi connectivity index (χ2n) is 2.86. The van der Waals surface area contributed by atoms with Gasteiger partial charge in [-0.3, -0.25) is 9.59 Å². The van der Waals surface area contributed by atoms with Crippen molar-refractivity contribution in [2.75, 3.05) is 13.2 Å². The average molecular weight is 182 g/mol. The molecule has 1 fully saturated rings. The van der Waals surface area contributed by atoms with Crippen LogP contribution in [0.3, 0.4) is 0 Å². The van der Waals surface area contributed by atoms with Gasteiger partial charge < -0.3 is 10.0 Å². The third kappa shape index (κ3) is 1.84. The van der Waals surface area contributed by atoms with Gasteiger partial charge in [-0.1, -0.05) is 0 Å². The summed E-state index contributed by atoms with van der Waals surface area (Å²) < 4.78 is 0. The van der Waals surface area contributed by atoms with Crippen LogP contribution in [0, 0.1) is 11.3 Å². The van der Waals surface area contributed by atoms with E-state index in [0.29, 0.717) is 6.42 Å². The quantitative estimate of drug-likeness (QED) is 0.571. The Morgan fingerprint density at radius 1 is 1.77 bits per heavy atom. The molecule has 0 aromatic carbocycles. The van der Waals surface area contributed by atoms with Crippen LogP contribution in [0.2, 0.25) is 0 Å². The van der Waals surface area contributed by atoms with Gasteiger partial charge in [-0.05, 0) is 6.42 Å². The molecule has 70 valence electrons. The average Bonchev–Trinajstić information content (AvgIpc) is 2.48. The Bertz CT molecular complexity index is 269. The van der Waals surface area contributed by atoms with Crippen LogP contribution in [-0.2, 0) is 9.59 Å². The lowest BCUT2D eigenvalue weighted by atomic mass is 10.1. The first-order chi connectivity index (χ1) is 6.20. The lowest BCUT2D eigenvalue weighted by Crippen LogP contribution is -2.40. The maximum atomic E-state index is 11.1. The Morgan fingerprint density at radius 3 is 3.00 bits per heavy atom. The van der Waals surface area contributed by atoms with Crippen LogP contribution in [0.1, 0.15) is 12.8 Å². The fourth-order valence-electron chi connectivity index (χ4n) is 1.45. The van der Waals surface area contributed by atoms with Crippen LogP contribution in [0.25, 0.3) is 0 Å². The summed E-state index contributed by atoms with van der Waals surface area (Å²) in [5.74, 6) is -0.575. The second-order valence-corrected chi connectivity index (χ2v) is 2.86. The van der Waals surface area contributed by atoms with Crippen LogP contribution in [0.15, 0.2) is 0 Å². The topological polar surface area (TPSA) is 81.4 Å². The third-order valence-corrected chi connectivity index (χ3v) is 2.10. The lowest BCUT2D eigenvalue weighted by Gasteiger charge is -2.19. The van der Waals surface area contributed by atoms with Gasteiger partial charge >= 0.3 is 0 Å². The molecule has 0 aliphatic carbocycles. The molecule has 0 aromatic heterocycles. The van der Waals surface area contributed by atoms with E-state index in [1.807, 2.05) is 6.07 Å². The number of rotatable bonds is 3. The van der Waals surface area contributed by atoms with Crippen molar-refractivity contribution in [2.45, 2.75) is 18.9 Å². The zero-order valence-electron chi connectivity index (χ0n) is 7.06. The molecule has 0 radical (unpaired) electrons. The Hall–Kier alpha value is -1.41. The van der Waals surface area contributed by atoms with Gasteiger partial charge in [-0.25, -0.2) is 0 Å². The van der Waals surface area contributed by atoms with Crippen molar-refractivity contribution in [1.29, 1.82) is 5.26 Å². The Labute approximate surface area is 75.6 Å². The molecule has 1 heterocycles. The molecule has 1 unspecified atom stereocenters. The third-order valence-electron chi connectivity index (χ3n) is 2.10. The van der Waals surface area contributed by atoms with Crippen molar-refractivity contribution in [2.24, 2.45) is 0 Å². The first kappa shape index (κ1) is 9.68. The molecule has 13 heavy (non-hydrogen) atoms. The molecule has 0 bridgehead atoms. The van der Waals surface area contributed by atoms with Crippen LogP contribution in [-0.4, -0.2) is 40.9 Å². The van der Waals surface area contributed by atoms with Gasteiger partial charge in [0.05, 0.1) is 12.1 Å². The molecule has 0 spiro atoms. The van der Waals surface area contributed by atoms with Crippen LogP contribution >= 0.6 is 0 Å². The fourth-order valence-corrected chi connectivity index (χ4v) is 1.45. The van der Waals surface area contributed by atoms with Gasteiger partial charge in [-0.2, -0.15) is 5.26 Å². The lowest BCUT2D eigenvalue weighted by molar-refractivity contribution is -0.134. The number of nitrogens with zero attached hydrogens (tertiary/aromatic N) is 2. The SMILES string of the molecule is N#CCN1C(=O)CCC1C(=O)CO. The zero-order valence-corrected chi connectivity index (χ0v) is 7.06. The Morgan fingerprint density at radius 2 is 2.46 bits per heavy atom. The number of aliphatic hydroxyl groups excluding tert-OH is 1. The number of aliphatic hydroxyl groups is 1. The molecule has 0 aromatic rings. The number of amides is 1. The summed E-state index contributed by atoms with van der Waals surface area (Å²) in [7, 11) is 0. The van der Waals surface area contributed by atoms with E-state index in [2.05, 4.69) is 0 Å². The summed E-state index contributed by atoms with van der Waals surface area (Å²) in [5, 5.41) is 17.0. The summed E-state index contributed by atoms with van der Waals surface area (Å²) in [6.45, 7) is -0.644. The predicted molar refractivity (Wildman–Crippen MR) is 42.4 cm³/mol. The number of hydrogen-bond donors (Lipinski definition) is 1. The van der Waals surface area contributed by atoms with E-state index >= 15 is 0 Å². The zero-order chi connectivity index (χ0) is 9.84. The van der Waals surface area contributed by atoms with Crippen LogP contribution in [0.5, 0.6) is 0 Å². The number of ketones is 1. The highest BCUT2D eigenvalue weighted by Gasteiger charge is 2.34. The molecule has 1 amide bonds. The van der Waals surface area contributed by atoms with E-state index in [-0.39, 0.29) is 24.7 Å². The van der Waals surface area contributed by atoms with E-state index in [9.17, 15) is 9.59 Å². The number of carbonyl (C=O) groups is 2. The van der Waals surface area contributed by atoms with Gasteiger partial charge in [0.2, 0.25) is 5.91 Å². The molecule has 1 aliphatic heterocycles. The maximum absolute atomic E-state index is 11.1. The van der Waals surface area contributed by atoms with Gasteiger partial charge in [0, 0.05) is 6.42 Å². The molecule has 5 heteroatoms. The molecule has 0 saturated carbocycles. The van der Waals surface area contributed by atoms with Crippen molar-refractivity contribution >= 4 is 11.7 Å². The molecule has 1 aliphatic rings. The summed E-state index contributed by atoms with van der Waals surface area (Å²) >= 11 is 0. The summed E-state index contributed by atoms with van der Waals surface area (Å²) in [4.78, 5) is 23.4. The van der Waals surface area contributed by atoms with Crippen molar-refractivity contribution < 1.29 is 14.7 Å². The highest BCUT2D eigenvalue weighted by molar-refractivity contribution is 5.92. The highest BCUT2D eigenvalue weighted by Crippen LogP contribution is 2.18. The number of Topliss-reactive ketones (excluding diaryl/α,β-unsaturated/α-hetero) is 1. The van der Waals surface area contributed by atoms with Crippen molar-refractivity contribution in [3.63, 3.8) is 0 Å².